The Balaban J connectivity index is 2.14. The molecule has 2 aromatic rings. The number of nitrogens with zero attached hydrogens (tertiary/aromatic N) is 1. The molecule has 1 aliphatic rings. The van der Waals surface area contributed by atoms with Gasteiger partial charge in [-0.1, -0.05) is 13.0 Å². The van der Waals surface area contributed by atoms with Gasteiger partial charge in [0.2, 0.25) is 5.69 Å². The highest BCUT2D eigenvalue weighted by Gasteiger charge is 2.30. The van der Waals surface area contributed by atoms with Crippen molar-refractivity contribution in [2.45, 2.75) is 19.8 Å². The number of hydrogen-bond acceptors (Lipinski definition) is 4. The molecule has 20 heavy (non-hydrogen) atoms. The largest absolute Gasteiger partial charge is 0.491 e. The fourth-order valence-corrected chi connectivity index (χ4v) is 2.59. The van der Waals surface area contributed by atoms with Gasteiger partial charge >= 0.3 is 0 Å². The molecule has 0 amide bonds. The van der Waals surface area contributed by atoms with Crippen molar-refractivity contribution in [1.29, 1.82) is 0 Å². The molecule has 0 bridgehead atoms. The summed E-state index contributed by atoms with van der Waals surface area (Å²) < 4.78 is 5.71. The zero-order valence-electron chi connectivity index (χ0n) is 11.4. The molecule has 0 radical (unpaired) electrons. The van der Waals surface area contributed by atoms with Gasteiger partial charge in [-0.25, -0.2) is 0 Å². The molecule has 3 N–H and O–H groups in total. The average molecular weight is 273 g/mol. The van der Waals surface area contributed by atoms with E-state index in [4.69, 9.17) is 4.74 Å². The Hall–Kier alpha value is -2.14. The van der Waals surface area contributed by atoms with Crippen LogP contribution in [-0.4, -0.2) is 13.2 Å². The van der Waals surface area contributed by atoms with E-state index in [2.05, 4.69) is 12.7 Å². The minimum absolute atomic E-state index is 0.310. The second-order valence-electron chi connectivity index (χ2n) is 4.99. The molecule has 5 heteroatoms. The van der Waals surface area contributed by atoms with Gasteiger partial charge in [0.25, 0.3) is 10.9 Å². The summed E-state index contributed by atoms with van der Waals surface area (Å²) in [5.74, 6) is 0.757. The van der Waals surface area contributed by atoms with Crippen LogP contribution in [0.15, 0.2) is 27.8 Å². The summed E-state index contributed by atoms with van der Waals surface area (Å²) in [7, 11) is 0. The van der Waals surface area contributed by atoms with Gasteiger partial charge in [-0.3, -0.25) is 9.59 Å². The van der Waals surface area contributed by atoms with Gasteiger partial charge < -0.3 is 15.4 Å². The highest BCUT2D eigenvalue weighted by molar-refractivity contribution is 5.78. The quantitative estimate of drug-likeness (QED) is 0.815. The minimum Gasteiger partial charge on any atom is -0.491 e. The SMILES string of the molecule is CCc1ccc2c(c1)N(c1c([NH3+])c(=O)c1=O)CCCO2. The molecular weight excluding hydrogens is 256 g/mol. The summed E-state index contributed by atoms with van der Waals surface area (Å²) in [5, 5.41) is 0. The van der Waals surface area contributed by atoms with Crippen molar-refractivity contribution >= 4 is 17.1 Å². The number of aryl methyl sites for hydroxylation is 1. The summed E-state index contributed by atoms with van der Waals surface area (Å²) in [6.07, 6.45) is 1.71. The van der Waals surface area contributed by atoms with Crippen molar-refractivity contribution in [3.63, 3.8) is 0 Å². The molecule has 0 fully saturated rings. The molecule has 0 aliphatic carbocycles. The van der Waals surface area contributed by atoms with E-state index in [0.29, 0.717) is 24.5 Å². The Morgan fingerprint density at radius 3 is 2.80 bits per heavy atom. The van der Waals surface area contributed by atoms with Crippen molar-refractivity contribution in [3.05, 3.63) is 44.2 Å². The van der Waals surface area contributed by atoms with Gasteiger partial charge in [0.05, 0.1) is 12.3 Å². The maximum atomic E-state index is 11.8. The molecule has 3 rings (SSSR count). The van der Waals surface area contributed by atoms with Crippen LogP contribution in [0.3, 0.4) is 0 Å². The number of fused-ring (bicyclic) bond motifs is 1. The number of quaternary nitrogens is 1. The van der Waals surface area contributed by atoms with E-state index in [9.17, 15) is 9.59 Å². The van der Waals surface area contributed by atoms with Crippen LogP contribution in [0.5, 0.6) is 5.75 Å². The normalized spacial score (nSPS) is 14.8. The molecule has 0 unspecified atom stereocenters. The van der Waals surface area contributed by atoms with Gasteiger partial charge in [0, 0.05) is 6.54 Å². The summed E-state index contributed by atoms with van der Waals surface area (Å²) in [6.45, 7) is 3.35. The van der Waals surface area contributed by atoms with Crippen molar-refractivity contribution in [2.24, 2.45) is 0 Å². The lowest BCUT2D eigenvalue weighted by Gasteiger charge is -2.24. The summed E-state index contributed by atoms with van der Waals surface area (Å²) in [5.41, 5.74) is 5.56. The van der Waals surface area contributed by atoms with Crippen LogP contribution >= 0.6 is 0 Å². The Kier molecular flexibility index (Phi) is 3.06. The predicted molar refractivity (Wildman–Crippen MR) is 76.8 cm³/mol. The lowest BCUT2D eigenvalue weighted by Crippen LogP contribution is -2.56. The number of anilines is 2. The van der Waals surface area contributed by atoms with Crippen molar-refractivity contribution in [1.82, 2.24) is 0 Å². The summed E-state index contributed by atoms with van der Waals surface area (Å²) >= 11 is 0. The van der Waals surface area contributed by atoms with Crippen LogP contribution in [0, 0.1) is 0 Å². The number of hydrogen-bond donors (Lipinski definition) is 1. The first kappa shape index (κ1) is 12.9. The summed E-state index contributed by atoms with van der Waals surface area (Å²) in [4.78, 5) is 25.1. The highest BCUT2D eigenvalue weighted by Crippen LogP contribution is 2.37. The number of rotatable bonds is 2. The van der Waals surface area contributed by atoms with E-state index in [-0.39, 0.29) is 0 Å². The second-order valence-corrected chi connectivity index (χ2v) is 4.99. The van der Waals surface area contributed by atoms with Crippen molar-refractivity contribution in [3.8, 4) is 5.75 Å². The van der Waals surface area contributed by atoms with E-state index in [1.54, 1.807) is 0 Å². The zero-order chi connectivity index (χ0) is 14.3. The predicted octanol–water partition coefficient (Wildman–Crippen LogP) is 0.639. The monoisotopic (exact) mass is 273 g/mol. The van der Waals surface area contributed by atoms with Gasteiger partial charge in [0.1, 0.15) is 5.75 Å². The first-order chi connectivity index (χ1) is 9.63. The van der Waals surface area contributed by atoms with E-state index < -0.39 is 10.9 Å². The van der Waals surface area contributed by atoms with E-state index in [0.717, 1.165) is 24.3 Å². The topological polar surface area (TPSA) is 74.3 Å². The fourth-order valence-electron chi connectivity index (χ4n) is 2.59. The third-order valence-electron chi connectivity index (χ3n) is 3.76. The Labute approximate surface area is 116 Å². The molecule has 1 aliphatic heterocycles. The van der Waals surface area contributed by atoms with E-state index >= 15 is 0 Å². The minimum atomic E-state index is -0.474. The first-order valence-corrected chi connectivity index (χ1v) is 6.82. The maximum absolute atomic E-state index is 11.8. The average Bonchev–Trinajstić information content (AvgIpc) is 2.69. The van der Waals surface area contributed by atoms with Crippen LogP contribution in [-0.2, 0) is 6.42 Å². The third kappa shape index (κ3) is 1.82. The van der Waals surface area contributed by atoms with Gasteiger partial charge in [-0.15, -0.1) is 0 Å². The zero-order valence-corrected chi connectivity index (χ0v) is 11.4. The summed E-state index contributed by atoms with van der Waals surface area (Å²) in [6, 6.07) is 5.98. The van der Waals surface area contributed by atoms with Crippen molar-refractivity contribution in [2.75, 3.05) is 18.1 Å². The van der Waals surface area contributed by atoms with E-state index in [1.807, 2.05) is 23.1 Å². The molecular formula is C15H17N2O3+. The fraction of sp³-hybridized carbons (Fsp3) is 0.333. The van der Waals surface area contributed by atoms with Crippen LogP contribution in [0.2, 0.25) is 0 Å². The van der Waals surface area contributed by atoms with Gasteiger partial charge in [-0.2, -0.15) is 0 Å². The number of benzene rings is 1. The Morgan fingerprint density at radius 2 is 2.10 bits per heavy atom. The van der Waals surface area contributed by atoms with Crippen LogP contribution in [0.1, 0.15) is 18.9 Å². The Bertz CT molecular complexity index is 729. The van der Waals surface area contributed by atoms with Crippen LogP contribution in [0.25, 0.3) is 0 Å². The van der Waals surface area contributed by atoms with Gasteiger partial charge in [0.15, 0.2) is 5.69 Å². The van der Waals surface area contributed by atoms with E-state index in [1.165, 1.54) is 5.56 Å². The molecule has 0 atom stereocenters. The second kappa shape index (κ2) is 4.76. The molecule has 0 aromatic heterocycles. The third-order valence-corrected chi connectivity index (χ3v) is 3.76. The first-order valence-electron chi connectivity index (χ1n) is 6.82. The standard InChI is InChI=1S/C15H16N2O3/c1-2-9-4-5-11-10(8-9)17(6-3-7-20-11)13-12(16)14(18)15(13)19/h4-5,8H,2-3,6-7,16H2,1H3/p+1. The molecule has 0 spiro atoms. The molecule has 2 aromatic carbocycles. The lowest BCUT2D eigenvalue weighted by molar-refractivity contribution is -0.256. The molecule has 0 saturated carbocycles. The maximum Gasteiger partial charge on any atom is 0.290 e. The van der Waals surface area contributed by atoms with Crippen LogP contribution < -0.4 is 26.2 Å². The molecule has 104 valence electrons. The lowest BCUT2D eigenvalue weighted by atomic mass is 10.1. The molecule has 0 saturated heterocycles. The Morgan fingerprint density at radius 1 is 1.30 bits per heavy atom. The van der Waals surface area contributed by atoms with Crippen LogP contribution in [0.4, 0.5) is 17.1 Å². The van der Waals surface area contributed by atoms with Gasteiger partial charge in [-0.05, 0) is 30.5 Å². The smallest absolute Gasteiger partial charge is 0.290 e. The molecule has 1 heterocycles. The molecule has 5 nitrogen and oxygen atoms in total. The highest BCUT2D eigenvalue weighted by atomic mass is 16.5. The number of ether oxygens (including phenoxy) is 1. The van der Waals surface area contributed by atoms with Crippen molar-refractivity contribution < 1.29 is 10.5 Å².